The summed E-state index contributed by atoms with van der Waals surface area (Å²) in [5, 5.41) is 21.5. The molecule has 2 fully saturated rings. The highest BCUT2D eigenvalue weighted by molar-refractivity contribution is 6.02. The monoisotopic (exact) mass is 752 g/mol. The molecule has 0 spiro atoms. The van der Waals surface area contributed by atoms with Gasteiger partial charge in [-0.3, -0.25) is 33.6 Å². The van der Waals surface area contributed by atoms with Crippen LogP contribution in [0.4, 0.5) is 0 Å². The van der Waals surface area contributed by atoms with E-state index in [2.05, 4.69) is 5.32 Å². The minimum atomic E-state index is -1.39. The molecule has 296 valence electrons. The van der Waals surface area contributed by atoms with Crippen LogP contribution in [-0.4, -0.2) is 104 Å². The number of imide groups is 2. The number of amides is 6. The molecule has 18 heteroatoms. The van der Waals surface area contributed by atoms with E-state index in [0.717, 1.165) is 75.5 Å². The van der Waals surface area contributed by atoms with E-state index >= 15 is 0 Å². The van der Waals surface area contributed by atoms with Gasteiger partial charge >= 0.3 is 23.9 Å². The molecular formula is C35H52N4O14. The fourth-order valence-electron chi connectivity index (χ4n) is 5.70. The fourth-order valence-corrected chi connectivity index (χ4v) is 5.70. The van der Waals surface area contributed by atoms with Crippen molar-refractivity contribution in [2.45, 2.75) is 147 Å². The summed E-state index contributed by atoms with van der Waals surface area (Å²) in [4.78, 5) is 131. The first-order valence-corrected chi connectivity index (χ1v) is 18.4. The zero-order valence-electron chi connectivity index (χ0n) is 30.2. The van der Waals surface area contributed by atoms with Crippen LogP contribution in [0.2, 0.25) is 0 Å². The number of hydroxylamine groups is 4. The van der Waals surface area contributed by atoms with Gasteiger partial charge in [0.05, 0.1) is 12.8 Å². The summed E-state index contributed by atoms with van der Waals surface area (Å²) in [7, 11) is 0. The smallest absolute Gasteiger partial charge is 0.334 e. The second kappa shape index (κ2) is 24.4. The zero-order chi connectivity index (χ0) is 39.2. The Bertz CT molecular complexity index is 1250. The van der Waals surface area contributed by atoms with Crippen molar-refractivity contribution in [3.8, 4) is 0 Å². The van der Waals surface area contributed by atoms with Crippen molar-refractivity contribution in [2.75, 3.05) is 13.1 Å². The van der Waals surface area contributed by atoms with Crippen molar-refractivity contribution in [2.24, 2.45) is 0 Å². The van der Waals surface area contributed by atoms with E-state index in [-0.39, 0.29) is 58.0 Å². The van der Waals surface area contributed by atoms with E-state index in [1.54, 1.807) is 0 Å². The van der Waals surface area contributed by atoms with Gasteiger partial charge in [0, 0.05) is 58.0 Å². The van der Waals surface area contributed by atoms with Gasteiger partial charge in [0.25, 0.3) is 23.6 Å². The number of rotatable bonds is 28. The van der Waals surface area contributed by atoms with Gasteiger partial charge in [0.15, 0.2) is 0 Å². The van der Waals surface area contributed by atoms with Crippen LogP contribution in [0.25, 0.3) is 0 Å². The number of carbonyl (C=O) groups is 10. The summed E-state index contributed by atoms with van der Waals surface area (Å²) in [6.07, 6.45) is 9.72. The van der Waals surface area contributed by atoms with Gasteiger partial charge in [-0.05, 0) is 19.3 Å². The van der Waals surface area contributed by atoms with E-state index < -0.39 is 84.6 Å². The summed E-state index contributed by atoms with van der Waals surface area (Å²) in [6.45, 7) is -0.716. The standard InChI is InChI=1S/C35H52N4O14/c40-26(13-11-9-7-5-3-1-2-4-6-8-10-12-14-32(46)47)36-25(35(50)51)15-16-27(41)37(23-21-33(48)52-38-28(42)17-18-29(38)43)24-22-34(49)53-39-30(44)19-20-31(39)45/h25H,1-24H2,(H,36,40)(H,46,47)(H,50,51)/t25-/m1/s1. The second-order valence-electron chi connectivity index (χ2n) is 13.1. The lowest BCUT2D eigenvalue weighted by Crippen LogP contribution is -2.42. The zero-order valence-corrected chi connectivity index (χ0v) is 30.2. The predicted octanol–water partition coefficient (Wildman–Crippen LogP) is 2.71. The summed E-state index contributed by atoms with van der Waals surface area (Å²) in [5.74, 6) is -8.12. The molecule has 18 nitrogen and oxygen atoms in total. The molecule has 2 aliphatic rings. The van der Waals surface area contributed by atoms with E-state index in [1.807, 2.05) is 0 Å². The van der Waals surface area contributed by atoms with Crippen LogP contribution in [0.1, 0.15) is 141 Å². The van der Waals surface area contributed by atoms with Gasteiger partial charge in [-0.1, -0.05) is 64.2 Å². The van der Waals surface area contributed by atoms with Crippen LogP contribution in [0.5, 0.6) is 0 Å². The van der Waals surface area contributed by atoms with Crippen LogP contribution in [-0.2, 0) is 57.6 Å². The Labute approximate surface area is 307 Å². The van der Waals surface area contributed by atoms with Crippen molar-refractivity contribution in [3.63, 3.8) is 0 Å². The molecule has 1 atom stereocenters. The van der Waals surface area contributed by atoms with Gasteiger partial charge < -0.3 is 30.1 Å². The Morgan fingerprint density at radius 3 is 1.32 bits per heavy atom. The molecule has 2 saturated heterocycles. The second-order valence-corrected chi connectivity index (χ2v) is 13.1. The molecule has 0 saturated carbocycles. The highest BCUT2D eigenvalue weighted by atomic mass is 16.7. The molecule has 0 aliphatic carbocycles. The molecule has 0 aromatic carbocycles. The van der Waals surface area contributed by atoms with E-state index in [9.17, 15) is 53.1 Å². The number of hydrogen-bond acceptors (Lipinski definition) is 12. The summed E-state index contributed by atoms with van der Waals surface area (Å²) in [5.41, 5.74) is 0. The first-order chi connectivity index (χ1) is 25.3. The van der Waals surface area contributed by atoms with Crippen LogP contribution in [0, 0.1) is 0 Å². The van der Waals surface area contributed by atoms with Gasteiger partial charge in [-0.15, -0.1) is 10.1 Å². The van der Waals surface area contributed by atoms with Gasteiger partial charge in [-0.2, -0.15) is 0 Å². The number of nitrogens with one attached hydrogen (secondary N) is 1. The van der Waals surface area contributed by atoms with Crippen LogP contribution < -0.4 is 5.32 Å². The molecule has 0 unspecified atom stereocenters. The van der Waals surface area contributed by atoms with E-state index in [0.29, 0.717) is 16.5 Å². The average Bonchev–Trinajstić information content (AvgIpc) is 3.59. The number of unbranched alkanes of at least 4 members (excludes halogenated alkanes) is 11. The molecule has 2 aliphatic heterocycles. The maximum absolute atomic E-state index is 13.2. The quantitative estimate of drug-likeness (QED) is 0.0768. The maximum atomic E-state index is 13.2. The Morgan fingerprint density at radius 1 is 0.566 bits per heavy atom. The first-order valence-electron chi connectivity index (χ1n) is 18.4. The molecule has 0 radical (unpaired) electrons. The molecule has 0 bridgehead atoms. The average molecular weight is 753 g/mol. The number of aliphatic carboxylic acids is 2. The number of carboxylic acids is 2. The molecule has 2 rings (SSSR count). The van der Waals surface area contributed by atoms with E-state index in [1.165, 1.54) is 0 Å². The van der Waals surface area contributed by atoms with Gasteiger partial charge in [0.1, 0.15) is 6.04 Å². The molecule has 3 N–H and O–H groups in total. The lowest BCUT2D eigenvalue weighted by Gasteiger charge is -2.24. The largest absolute Gasteiger partial charge is 0.481 e. The minimum absolute atomic E-state index is 0.111. The molecule has 0 aromatic rings. The molecule has 0 aromatic heterocycles. The van der Waals surface area contributed by atoms with Crippen LogP contribution in [0.15, 0.2) is 0 Å². The molecule has 53 heavy (non-hydrogen) atoms. The topological polar surface area (TPSA) is 251 Å². The lowest BCUT2D eigenvalue weighted by atomic mass is 10.0. The van der Waals surface area contributed by atoms with Gasteiger partial charge in [0.2, 0.25) is 11.8 Å². The number of carbonyl (C=O) groups excluding carboxylic acids is 8. The fraction of sp³-hybridized carbons (Fsp3) is 0.714. The number of nitrogens with zero attached hydrogens (tertiary/aromatic N) is 3. The van der Waals surface area contributed by atoms with E-state index in [4.69, 9.17) is 14.8 Å². The van der Waals surface area contributed by atoms with Crippen molar-refractivity contribution < 1.29 is 67.8 Å². The molecular weight excluding hydrogens is 700 g/mol. The summed E-state index contributed by atoms with van der Waals surface area (Å²) >= 11 is 0. The first kappa shape index (κ1) is 44.3. The minimum Gasteiger partial charge on any atom is -0.481 e. The van der Waals surface area contributed by atoms with Crippen molar-refractivity contribution in [1.29, 1.82) is 0 Å². The van der Waals surface area contributed by atoms with Crippen molar-refractivity contribution in [1.82, 2.24) is 20.3 Å². The Hall–Kier alpha value is -4.90. The SMILES string of the molecule is O=C(O)CCCCCCCCCCCCCCC(=O)N[C@H](CCC(=O)N(CCC(=O)ON1C(=O)CCC1=O)CCC(=O)ON1C(=O)CCC1=O)C(=O)O. The highest BCUT2D eigenvalue weighted by Gasteiger charge is 2.34. The Kier molecular flexibility index (Phi) is 20.3. The van der Waals surface area contributed by atoms with Crippen molar-refractivity contribution >= 4 is 59.3 Å². The lowest BCUT2D eigenvalue weighted by molar-refractivity contribution is -0.198. The predicted molar refractivity (Wildman–Crippen MR) is 181 cm³/mol. The highest BCUT2D eigenvalue weighted by Crippen LogP contribution is 2.16. The normalized spacial score (nSPS) is 14.7. The molecule has 2 heterocycles. The van der Waals surface area contributed by atoms with Gasteiger partial charge in [-0.25, -0.2) is 14.4 Å². The summed E-state index contributed by atoms with van der Waals surface area (Å²) < 4.78 is 0. The summed E-state index contributed by atoms with van der Waals surface area (Å²) in [6, 6.07) is -1.39. The molecule has 6 amide bonds. The Morgan fingerprint density at radius 2 is 0.943 bits per heavy atom. The van der Waals surface area contributed by atoms with Crippen molar-refractivity contribution in [3.05, 3.63) is 0 Å². The Balaban J connectivity index is 1.75. The van der Waals surface area contributed by atoms with Crippen LogP contribution >= 0.6 is 0 Å². The van der Waals surface area contributed by atoms with Crippen LogP contribution in [0.3, 0.4) is 0 Å². The number of carboxylic acid groups (broad SMARTS) is 2. The third kappa shape index (κ3) is 17.9. The maximum Gasteiger partial charge on any atom is 0.334 e. The third-order valence-corrected chi connectivity index (χ3v) is 8.75. The number of hydrogen-bond donors (Lipinski definition) is 3. The third-order valence-electron chi connectivity index (χ3n) is 8.75.